The minimum absolute atomic E-state index is 0.108. The molecule has 0 aromatic heterocycles. The van der Waals surface area contributed by atoms with E-state index in [0.717, 1.165) is 6.26 Å². The Morgan fingerprint density at radius 2 is 0.640 bits per heavy atom. The molecule has 0 saturated carbocycles. The van der Waals surface area contributed by atoms with Crippen LogP contribution in [0, 0.1) is 58.2 Å². The van der Waals surface area contributed by atoms with Gasteiger partial charge in [-0.3, -0.25) is 0 Å². The van der Waals surface area contributed by atoms with Crippen LogP contribution >= 0.6 is 11.6 Å². The molecule has 0 spiro atoms. The lowest BCUT2D eigenvalue weighted by Gasteiger charge is -2.17. The smallest absolute Gasteiger partial charge is 0.204 e. The predicted molar refractivity (Wildman–Crippen MR) is 71.0 cm³/mol. The van der Waals surface area contributed by atoms with Crippen molar-refractivity contribution < 1.29 is 43.9 Å². The van der Waals surface area contributed by atoms with Crippen LogP contribution in [0.25, 0.3) is 0 Å². The zero-order valence-corrected chi connectivity index (χ0v) is 12.6. The van der Waals surface area contributed by atoms with Crippen LogP contribution in [0.15, 0.2) is 0 Å². The standard InChI is InChI=1S/C13H3BF10S/c1-25-14(2-4(15)8(19)12(23)9(20)5(2)16)3-6(17)10(21)13(24)11(22)7(3)18/h1H3. The number of halogens is 10. The monoisotopic (exact) mass is 392 g/mol. The third-order valence-corrected chi connectivity index (χ3v) is 4.19. The van der Waals surface area contributed by atoms with Gasteiger partial charge >= 0.3 is 0 Å². The molecule has 2 rings (SSSR count). The highest BCUT2D eigenvalue weighted by Gasteiger charge is 2.39. The Hall–Kier alpha value is -1.85. The maximum absolute atomic E-state index is 13.8. The second-order valence-electron chi connectivity index (χ2n) is 4.58. The zero-order chi connectivity index (χ0) is 19.2. The van der Waals surface area contributed by atoms with Gasteiger partial charge in [-0.1, -0.05) is 0 Å². The Balaban J connectivity index is 2.90. The fourth-order valence-corrected chi connectivity index (χ4v) is 2.97. The quantitative estimate of drug-likeness (QED) is 0.334. The van der Waals surface area contributed by atoms with E-state index in [-0.39, 0.29) is 11.6 Å². The molecule has 12 heteroatoms. The van der Waals surface area contributed by atoms with Gasteiger partial charge in [0.1, 0.15) is 0 Å². The topological polar surface area (TPSA) is 0 Å². The average Bonchev–Trinajstić information content (AvgIpc) is 2.60. The van der Waals surface area contributed by atoms with Gasteiger partial charge in [-0.25, -0.2) is 55.5 Å². The molecular weight excluding hydrogens is 389 g/mol. The van der Waals surface area contributed by atoms with Gasteiger partial charge in [0.25, 0.3) is 5.99 Å². The summed E-state index contributed by atoms with van der Waals surface area (Å²) in [6.07, 6.45) is 0.917. The number of rotatable bonds is 3. The van der Waals surface area contributed by atoms with E-state index in [0.29, 0.717) is 0 Å². The molecule has 0 aliphatic heterocycles. The third kappa shape index (κ3) is 2.85. The maximum atomic E-state index is 13.8. The Labute approximate surface area is 137 Å². The molecule has 0 radical (unpaired) electrons. The van der Waals surface area contributed by atoms with Crippen LogP contribution in [0.4, 0.5) is 43.9 Å². The van der Waals surface area contributed by atoms with Gasteiger partial charge in [0.15, 0.2) is 58.2 Å². The summed E-state index contributed by atoms with van der Waals surface area (Å²) in [5.74, 6) is -26.9. The van der Waals surface area contributed by atoms with Crippen LogP contribution in [-0.2, 0) is 0 Å². The van der Waals surface area contributed by atoms with E-state index in [1.165, 1.54) is 0 Å². The summed E-state index contributed by atoms with van der Waals surface area (Å²) in [7, 11) is 0. The van der Waals surface area contributed by atoms with Gasteiger partial charge in [-0.15, -0.1) is 0 Å². The fourth-order valence-electron chi connectivity index (χ4n) is 2.08. The summed E-state index contributed by atoms with van der Waals surface area (Å²) < 4.78 is 135. The summed E-state index contributed by atoms with van der Waals surface area (Å²) in [6.45, 7) is 0. The molecule has 25 heavy (non-hydrogen) atoms. The largest absolute Gasteiger partial charge is 0.288 e. The van der Waals surface area contributed by atoms with Gasteiger partial charge < -0.3 is 0 Å². The first-order valence-corrected chi connectivity index (χ1v) is 7.40. The van der Waals surface area contributed by atoms with Crippen LogP contribution in [0.3, 0.4) is 0 Å². The molecule has 0 saturated heterocycles. The minimum Gasteiger partial charge on any atom is -0.204 e. The second kappa shape index (κ2) is 6.81. The molecule has 0 bridgehead atoms. The number of hydrogen-bond donors (Lipinski definition) is 0. The van der Waals surface area contributed by atoms with Crippen molar-refractivity contribution in [2.45, 2.75) is 0 Å². The second-order valence-corrected chi connectivity index (χ2v) is 5.53. The molecule has 2 aromatic carbocycles. The fraction of sp³-hybridized carbons (Fsp3) is 0.0769. The van der Waals surface area contributed by atoms with Crippen molar-refractivity contribution in [3.63, 3.8) is 0 Å². The highest BCUT2D eigenvalue weighted by molar-refractivity contribution is 8.27. The van der Waals surface area contributed by atoms with E-state index in [1.54, 1.807) is 0 Å². The van der Waals surface area contributed by atoms with Crippen LogP contribution in [0.2, 0.25) is 0 Å². The average molecular weight is 392 g/mol. The minimum atomic E-state index is -2.53. The summed E-state index contributed by atoms with van der Waals surface area (Å²) in [4.78, 5) is 0. The highest BCUT2D eigenvalue weighted by Crippen LogP contribution is 2.22. The summed E-state index contributed by atoms with van der Waals surface area (Å²) in [5.41, 5.74) is -3.46. The van der Waals surface area contributed by atoms with Gasteiger partial charge in [0, 0.05) is 10.9 Å². The van der Waals surface area contributed by atoms with Crippen molar-refractivity contribution in [2.24, 2.45) is 0 Å². The van der Waals surface area contributed by atoms with Crippen LogP contribution in [0.5, 0.6) is 0 Å². The molecule has 0 heterocycles. The lowest BCUT2D eigenvalue weighted by molar-refractivity contribution is 0.382. The third-order valence-electron chi connectivity index (χ3n) is 3.25. The van der Waals surface area contributed by atoms with Crippen molar-refractivity contribution in [3.05, 3.63) is 58.2 Å². The van der Waals surface area contributed by atoms with E-state index in [9.17, 15) is 43.9 Å². The van der Waals surface area contributed by atoms with E-state index in [4.69, 9.17) is 0 Å². The van der Waals surface area contributed by atoms with Crippen molar-refractivity contribution in [3.8, 4) is 0 Å². The van der Waals surface area contributed by atoms with Crippen molar-refractivity contribution >= 4 is 28.5 Å². The zero-order valence-electron chi connectivity index (χ0n) is 11.8. The predicted octanol–water partition coefficient (Wildman–Crippen LogP) is 3.55. The normalized spacial score (nSPS) is 11.2. The van der Waals surface area contributed by atoms with Gasteiger partial charge in [0.05, 0.1) is 0 Å². The van der Waals surface area contributed by atoms with Crippen LogP contribution < -0.4 is 10.9 Å². The first-order valence-electron chi connectivity index (χ1n) is 6.11. The first-order chi connectivity index (χ1) is 11.6. The Morgan fingerprint density at radius 3 is 0.840 bits per heavy atom. The summed E-state index contributed by atoms with van der Waals surface area (Å²) in [5, 5.41) is 0. The highest BCUT2D eigenvalue weighted by atomic mass is 32.2. The SMILES string of the molecule is CSB(c1c(F)c(F)c(F)c(F)c1F)c1c(F)c(F)c(F)c(F)c1F. The molecule has 0 amide bonds. The molecule has 0 aliphatic rings. The molecule has 0 nitrogen and oxygen atoms in total. The molecule has 0 atom stereocenters. The van der Waals surface area contributed by atoms with Crippen LogP contribution in [0.1, 0.15) is 0 Å². The van der Waals surface area contributed by atoms with Crippen molar-refractivity contribution in [1.82, 2.24) is 0 Å². The van der Waals surface area contributed by atoms with Crippen molar-refractivity contribution in [1.29, 1.82) is 0 Å². The molecule has 2 aromatic rings. The molecular formula is C13H3BF10S. The van der Waals surface area contributed by atoms with E-state index < -0.39 is 75.1 Å². The summed E-state index contributed by atoms with van der Waals surface area (Å²) >= 11 is 0.108. The molecule has 134 valence electrons. The molecule has 0 N–H and O–H groups in total. The maximum Gasteiger partial charge on any atom is 0.288 e. The Kier molecular flexibility index (Phi) is 5.31. The Bertz CT molecular complexity index is 741. The van der Waals surface area contributed by atoms with Gasteiger partial charge in [0.2, 0.25) is 0 Å². The Morgan fingerprint density at radius 1 is 0.440 bits per heavy atom. The van der Waals surface area contributed by atoms with Gasteiger partial charge in [-0.05, 0) is 6.26 Å². The van der Waals surface area contributed by atoms with E-state index in [1.807, 2.05) is 0 Å². The lowest BCUT2D eigenvalue weighted by atomic mass is 9.60. The number of benzene rings is 2. The summed E-state index contributed by atoms with van der Waals surface area (Å²) in [6, 6.07) is 0. The van der Waals surface area contributed by atoms with E-state index in [2.05, 4.69) is 0 Å². The van der Waals surface area contributed by atoms with Crippen LogP contribution in [-0.4, -0.2) is 12.2 Å². The lowest BCUT2D eigenvalue weighted by Crippen LogP contribution is -2.48. The van der Waals surface area contributed by atoms with E-state index >= 15 is 0 Å². The molecule has 0 aliphatic carbocycles. The van der Waals surface area contributed by atoms with Crippen molar-refractivity contribution in [2.75, 3.05) is 6.26 Å². The number of hydrogen-bond acceptors (Lipinski definition) is 1. The molecule has 0 unspecified atom stereocenters. The molecule has 0 fully saturated rings. The van der Waals surface area contributed by atoms with Gasteiger partial charge in [-0.2, -0.15) is 0 Å². The first kappa shape index (κ1) is 19.5.